The lowest BCUT2D eigenvalue weighted by Crippen LogP contribution is -2.34. The van der Waals surface area contributed by atoms with Crippen molar-refractivity contribution < 1.29 is 4.79 Å². The van der Waals surface area contributed by atoms with Gasteiger partial charge in [-0.2, -0.15) is 5.26 Å². The third-order valence-corrected chi connectivity index (χ3v) is 2.19. The summed E-state index contributed by atoms with van der Waals surface area (Å²) in [5.41, 5.74) is 1.54. The minimum atomic E-state index is -0.00522. The van der Waals surface area contributed by atoms with E-state index in [0.717, 1.165) is 5.69 Å². The van der Waals surface area contributed by atoms with Crippen LogP contribution >= 0.6 is 0 Å². The molecule has 0 aromatic heterocycles. The van der Waals surface area contributed by atoms with E-state index in [4.69, 9.17) is 5.26 Å². The minimum absolute atomic E-state index is 0.00522. The molecule has 0 saturated heterocycles. The average molecular weight is 217 g/mol. The number of rotatable bonds is 4. The predicted octanol–water partition coefficient (Wildman–Crippen LogP) is 1.13. The van der Waals surface area contributed by atoms with Gasteiger partial charge in [-0.15, -0.1) is 0 Å². The molecule has 4 heteroatoms. The van der Waals surface area contributed by atoms with Crippen LogP contribution in [0.1, 0.15) is 12.5 Å². The zero-order chi connectivity index (χ0) is 12.0. The number of nitrogens with one attached hydrogen (secondary N) is 1. The predicted molar refractivity (Wildman–Crippen MR) is 63.1 cm³/mol. The summed E-state index contributed by atoms with van der Waals surface area (Å²) in [5.74, 6) is -0.00522. The fraction of sp³-hybridized carbons (Fsp3) is 0.333. The third-order valence-electron chi connectivity index (χ3n) is 2.19. The number of nitriles is 1. The molecule has 0 aliphatic heterocycles. The van der Waals surface area contributed by atoms with Gasteiger partial charge in [0.15, 0.2) is 0 Å². The summed E-state index contributed by atoms with van der Waals surface area (Å²) in [6.07, 6.45) is 0. The summed E-state index contributed by atoms with van der Waals surface area (Å²) >= 11 is 0. The zero-order valence-electron chi connectivity index (χ0n) is 9.53. The molecule has 0 atom stereocenters. The molecular weight excluding hydrogens is 202 g/mol. The molecule has 0 fully saturated rings. The van der Waals surface area contributed by atoms with Gasteiger partial charge in [-0.3, -0.25) is 4.79 Å². The first-order chi connectivity index (χ1) is 7.67. The summed E-state index contributed by atoms with van der Waals surface area (Å²) in [7, 11) is 1.84. The largest absolute Gasteiger partial charge is 0.365 e. The monoisotopic (exact) mass is 217 g/mol. The van der Waals surface area contributed by atoms with Gasteiger partial charge < -0.3 is 10.2 Å². The molecule has 1 N–H and O–H groups in total. The summed E-state index contributed by atoms with van der Waals surface area (Å²) in [4.78, 5) is 13.2. The lowest BCUT2D eigenvalue weighted by atomic mass is 10.2. The van der Waals surface area contributed by atoms with Crippen molar-refractivity contribution in [3.05, 3.63) is 29.8 Å². The molecule has 0 spiro atoms. The molecule has 1 rings (SSSR count). The zero-order valence-corrected chi connectivity index (χ0v) is 9.53. The van der Waals surface area contributed by atoms with E-state index in [1.807, 2.05) is 31.0 Å². The van der Waals surface area contributed by atoms with Crippen molar-refractivity contribution in [2.75, 3.05) is 25.0 Å². The van der Waals surface area contributed by atoms with E-state index in [0.29, 0.717) is 18.7 Å². The summed E-state index contributed by atoms with van der Waals surface area (Å²) < 4.78 is 0. The van der Waals surface area contributed by atoms with Crippen molar-refractivity contribution in [3.63, 3.8) is 0 Å². The molecule has 0 heterocycles. The average Bonchev–Trinajstić information content (AvgIpc) is 2.29. The van der Waals surface area contributed by atoms with E-state index in [9.17, 15) is 4.79 Å². The van der Waals surface area contributed by atoms with Crippen LogP contribution in [0.4, 0.5) is 5.69 Å². The SMILES string of the molecule is CCNC(=O)CN(C)c1ccc(C#N)cc1. The molecular formula is C12H15N3O. The van der Waals surface area contributed by atoms with Gasteiger partial charge in [0.1, 0.15) is 0 Å². The van der Waals surface area contributed by atoms with Crippen LogP contribution in [0.25, 0.3) is 0 Å². The van der Waals surface area contributed by atoms with Crippen LogP contribution in [0.15, 0.2) is 24.3 Å². The second-order valence-corrected chi connectivity index (χ2v) is 3.47. The van der Waals surface area contributed by atoms with Crippen LogP contribution in [-0.2, 0) is 4.79 Å². The van der Waals surface area contributed by atoms with Crippen LogP contribution in [0, 0.1) is 11.3 Å². The van der Waals surface area contributed by atoms with Crippen molar-refractivity contribution in [3.8, 4) is 6.07 Å². The normalized spacial score (nSPS) is 9.31. The highest BCUT2D eigenvalue weighted by atomic mass is 16.1. The highest BCUT2D eigenvalue weighted by Crippen LogP contribution is 2.12. The molecule has 16 heavy (non-hydrogen) atoms. The minimum Gasteiger partial charge on any atom is -0.365 e. The van der Waals surface area contributed by atoms with Gasteiger partial charge in [-0.25, -0.2) is 0 Å². The first-order valence-corrected chi connectivity index (χ1v) is 5.15. The molecule has 0 radical (unpaired) electrons. The van der Waals surface area contributed by atoms with Gasteiger partial charge in [0, 0.05) is 19.3 Å². The van der Waals surface area contributed by atoms with E-state index in [2.05, 4.69) is 11.4 Å². The smallest absolute Gasteiger partial charge is 0.239 e. The van der Waals surface area contributed by atoms with Gasteiger partial charge in [0.05, 0.1) is 18.2 Å². The highest BCUT2D eigenvalue weighted by Gasteiger charge is 2.05. The topological polar surface area (TPSA) is 56.1 Å². The highest BCUT2D eigenvalue weighted by molar-refractivity contribution is 5.81. The Hall–Kier alpha value is -2.02. The number of carbonyl (C=O) groups is 1. The van der Waals surface area contributed by atoms with Crippen LogP contribution in [0.2, 0.25) is 0 Å². The number of carbonyl (C=O) groups excluding carboxylic acids is 1. The number of hydrogen-bond acceptors (Lipinski definition) is 3. The molecule has 0 aliphatic carbocycles. The maximum absolute atomic E-state index is 11.3. The van der Waals surface area contributed by atoms with Crippen LogP contribution < -0.4 is 10.2 Å². The van der Waals surface area contributed by atoms with Gasteiger partial charge in [-0.05, 0) is 31.2 Å². The van der Waals surface area contributed by atoms with Crippen LogP contribution in [0.5, 0.6) is 0 Å². The van der Waals surface area contributed by atoms with Crippen molar-refractivity contribution in [2.24, 2.45) is 0 Å². The lowest BCUT2D eigenvalue weighted by molar-refractivity contribution is -0.119. The molecule has 0 bridgehead atoms. The molecule has 4 nitrogen and oxygen atoms in total. The molecule has 1 aromatic carbocycles. The number of anilines is 1. The second kappa shape index (κ2) is 5.76. The van der Waals surface area contributed by atoms with Gasteiger partial charge >= 0.3 is 0 Å². The van der Waals surface area contributed by atoms with Crippen molar-refractivity contribution in [2.45, 2.75) is 6.92 Å². The van der Waals surface area contributed by atoms with Gasteiger partial charge in [0.2, 0.25) is 5.91 Å². The maximum Gasteiger partial charge on any atom is 0.239 e. The fourth-order valence-corrected chi connectivity index (χ4v) is 1.35. The standard InChI is InChI=1S/C12H15N3O/c1-3-14-12(16)9-15(2)11-6-4-10(8-13)5-7-11/h4-7H,3,9H2,1-2H3,(H,14,16). The molecule has 84 valence electrons. The fourth-order valence-electron chi connectivity index (χ4n) is 1.35. The van der Waals surface area contributed by atoms with E-state index in [1.54, 1.807) is 12.1 Å². The second-order valence-electron chi connectivity index (χ2n) is 3.47. The third kappa shape index (κ3) is 3.28. The quantitative estimate of drug-likeness (QED) is 0.822. The van der Waals surface area contributed by atoms with E-state index >= 15 is 0 Å². The number of amides is 1. The summed E-state index contributed by atoms with van der Waals surface area (Å²) in [5, 5.41) is 11.4. The van der Waals surface area contributed by atoms with E-state index in [-0.39, 0.29) is 5.91 Å². The maximum atomic E-state index is 11.3. The van der Waals surface area contributed by atoms with Crippen molar-refractivity contribution in [1.29, 1.82) is 5.26 Å². The molecule has 0 saturated carbocycles. The first-order valence-electron chi connectivity index (χ1n) is 5.15. The number of hydrogen-bond donors (Lipinski definition) is 1. The summed E-state index contributed by atoms with van der Waals surface area (Å²) in [6, 6.07) is 9.20. The Morgan fingerprint density at radius 3 is 2.56 bits per heavy atom. The Balaban J connectivity index is 2.63. The van der Waals surface area contributed by atoms with Gasteiger partial charge in [0.25, 0.3) is 0 Å². The number of nitrogens with zero attached hydrogens (tertiary/aromatic N) is 2. The molecule has 1 amide bonds. The Bertz CT molecular complexity index is 392. The molecule has 1 aromatic rings. The van der Waals surface area contributed by atoms with E-state index in [1.165, 1.54) is 0 Å². The van der Waals surface area contributed by atoms with E-state index < -0.39 is 0 Å². The van der Waals surface area contributed by atoms with Gasteiger partial charge in [-0.1, -0.05) is 0 Å². The van der Waals surface area contributed by atoms with Crippen molar-refractivity contribution >= 4 is 11.6 Å². The Morgan fingerprint density at radius 2 is 2.06 bits per heavy atom. The van der Waals surface area contributed by atoms with Crippen LogP contribution in [-0.4, -0.2) is 26.0 Å². The Kier molecular flexibility index (Phi) is 4.34. The van der Waals surface area contributed by atoms with Crippen LogP contribution in [0.3, 0.4) is 0 Å². The Morgan fingerprint density at radius 1 is 1.44 bits per heavy atom. The lowest BCUT2D eigenvalue weighted by Gasteiger charge is -2.18. The number of likely N-dealkylation sites (N-methyl/N-ethyl adjacent to an activating group) is 2. The molecule has 0 unspecified atom stereocenters. The summed E-state index contributed by atoms with van der Waals surface area (Å²) in [6.45, 7) is 2.85. The molecule has 0 aliphatic rings. The Labute approximate surface area is 95.5 Å². The van der Waals surface area contributed by atoms with Crippen molar-refractivity contribution in [1.82, 2.24) is 5.32 Å². The first kappa shape index (κ1) is 12.1. The number of benzene rings is 1.